The average molecular weight is 332 g/mol. The topological polar surface area (TPSA) is 67.9 Å². The molecule has 1 heterocycles. The van der Waals surface area contributed by atoms with Crippen molar-refractivity contribution < 1.29 is 19.1 Å². The molecule has 1 N–H and O–H groups in total. The minimum absolute atomic E-state index is 0.170. The van der Waals surface area contributed by atoms with Gasteiger partial charge in [-0.15, -0.1) is 0 Å². The van der Waals surface area contributed by atoms with E-state index in [0.717, 1.165) is 26.2 Å². The lowest BCUT2D eigenvalue weighted by atomic mass is 10.1. The van der Waals surface area contributed by atoms with E-state index in [4.69, 9.17) is 4.74 Å². The van der Waals surface area contributed by atoms with Gasteiger partial charge in [-0.25, -0.2) is 4.79 Å². The molecule has 1 saturated heterocycles. The van der Waals surface area contributed by atoms with Crippen LogP contribution in [0.3, 0.4) is 0 Å². The van der Waals surface area contributed by atoms with Gasteiger partial charge in [-0.3, -0.25) is 9.69 Å². The maximum atomic E-state index is 12.0. The molecule has 1 aromatic rings. The molecule has 6 nitrogen and oxygen atoms in total. The number of carbonyl (C=O) groups excluding carboxylic acids is 2. The highest BCUT2D eigenvalue weighted by Gasteiger charge is 2.16. The second-order valence-electron chi connectivity index (χ2n) is 5.75. The SMILES string of the molecule is COC(=O)/C=C/CNC(=O)c1ccc(CN2CCOC(C)C2)cc1. The molecule has 130 valence electrons. The third-order valence-corrected chi connectivity index (χ3v) is 3.78. The Hall–Kier alpha value is -2.18. The monoisotopic (exact) mass is 332 g/mol. The summed E-state index contributed by atoms with van der Waals surface area (Å²) < 4.78 is 10.0. The zero-order chi connectivity index (χ0) is 17.4. The number of methoxy groups -OCH3 is 1. The van der Waals surface area contributed by atoms with Crippen LogP contribution in [-0.2, 0) is 20.8 Å². The molecule has 0 radical (unpaired) electrons. The van der Waals surface area contributed by atoms with Gasteiger partial charge in [-0.05, 0) is 24.6 Å². The van der Waals surface area contributed by atoms with E-state index in [2.05, 4.69) is 21.9 Å². The predicted molar refractivity (Wildman–Crippen MR) is 90.6 cm³/mol. The zero-order valence-corrected chi connectivity index (χ0v) is 14.2. The minimum Gasteiger partial charge on any atom is -0.466 e. The maximum absolute atomic E-state index is 12.0. The molecular formula is C18H24N2O4. The summed E-state index contributed by atoms with van der Waals surface area (Å²) >= 11 is 0. The third kappa shape index (κ3) is 5.79. The molecule has 0 spiro atoms. The first-order chi connectivity index (χ1) is 11.6. The first kappa shape index (κ1) is 18.2. The summed E-state index contributed by atoms with van der Waals surface area (Å²) in [6.45, 7) is 5.84. The van der Waals surface area contributed by atoms with E-state index >= 15 is 0 Å². The molecule has 0 bridgehead atoms. The van der Waals surface area contributed by atoms with Crippen LogP contribution in [0.15, 0.2) is 36.4 Å². The van der Waals surface area contributed by atoms with Crippen molar-refractivity contribution >= 4 is 11.9 Å². The summed E-state index contributed by atoms with van der Waals surface area (Å²) in [6.07, 6.45) is 3.10. The molecule has 1 aliphatic heterocycles. The van der Waals surface area contributed by atoms with Crippen LogP contribution in [0, 0.1) is 0 Å². The fourth-order valence-electron chi connectivity index (χ4n) is 2.53. The number of hydrogen-bond donors (Lipinski definition) is 1. The number of benzene rings is 1. The van der Waals surface area contributed by atoms with Gasteiger partial charge in [-0.1, -0.05) is 18.2 Å². The van der Waals surface area contributed by atoms with Crippen molar-refractivity contribution in [3.05, 3.63) is 47.5 Å². The second-order valence-corrected chi connectivity index (χ2v) is 5.75. The molecular weight excluding hydrogens is 308 g/mol. The van der Waals surface area contributed by atoms with Crippen LogP contribution in [0.4, 0.5) is 0 Å². The summed E-state index contributed by atoms with van der Waals surface area (Å²) in [6, 6.07) is 7.58. The standard InChI is InChI=1S/C18H24N2O4/c1-14-12-20(10-11-24-14)13-15-5-7-16(8-6-15)18(22)19-9-3-4-17(21)23-2/h3-8,14H,9-13H2,1-2H3,(H,19,22)/b4-3+. The smallest absolute Gasteiger partial charge is 0.330 e. The van der Waals surface area contributed by atoms with Crippen LogP contribution < -0.4 is 5.32 Å². The highest BCUT2D eigenvalue weighted by atomic mass is 16.5. The van der Waals surface area contributed by atoms with Gasteiger partial charge < -0.3 is 14.8 Å². The number of esters is 1. The lowest BCUT2D eigenvalue weighted by Crippen LogP contribution is -2.40. The number of amides is 1. The number of carbonyl (C=O) groups is 2. The molecule has 1 amide bonds. The second kappa shape index (κ2) is 9.20. The van der Waals surface area contributed by atoms with Gasteiger partial charge in [0.2, 0.25) is 0 Å². The van der Waals surface area contributed by atoms with Crippen LogP contribution in [0.5, 0.6) is 0 Å². The van der Waals surface area contributed by atoms with E-state index in [-0.39, 0.29) is 18.6 Å². The van der Waals surface area contributed by atoms with Crippen molar-refractivity contribution in [1.29, 1.82) is 0 Å². The van der Waals surface area contributed by atoms with Crippen molar-refractivity contribution in [1.82, 2.24) is 10.2 Å². The number of ether oxygens (including phenoxy) is 2. The first-order valence-electron chi connectivity index (χ1n) is 8.04. The number of nitrogens with zero attached hydrogens (tertiary/aromatic N) is 1. The molecule has 0 saturated carbocycles. The normalized spacial score (nSPS) is 18.5. The number of nitrogens with one attached hydrogen (secondary N) is 1. The van der Waals surface area contributed by atoms with Gasteiger partial charge >= 0.3 is 5.97 Å². The Bertz CT molecular complexity index is 583. The van der Waals surface area contributed by atoms with E-state index < -0.39 is 5.97 Å². The first-order valence-corrected chi connectivity index (χ1v) is 8.04. The summed E-state index contributed by atoms with van der Waals surface area (Å²) in [5.41, 5.74) is 1.77. The lowest BCUT2D eigenvalue weighted by molar-refractivity contribution is -0.134. The van der Waals surface area contributed by atoms with E-state index in [1.807, 2.05) is 24.3 Å². The highest BCUT2D eigenvalue weighted by molar-refractivity contribution is 5.94. The zero-order valence-electron chi connectivity index (χ0n) is 14.2. The summed E-state index contributed by atoms with van der Waals surface area (Å²) in [7, 11) is 1.31. The largest absolute Gasteiger partial charge is 0.466 e. The van der Waals surface area contributed by atoms with Crippen molar-refractivity contribution in [3.63, 3.8) is 0 Å². The molecule has 1 aliphatic rings. The van der Waals surface area contributed by atoms with Crippen LogP contribution in [-0.4, -0.2) is 56.2 Å². The van der Waals surface area contributed by atoms with Gasteiger partial charge in [0.15, 0.2) is 0 Å². The van der Waals surface area contributed by atoms with Crippen molar-refractivity contribution in [2.75, 3.05) is 33.4 Å². The Morgan fingerprint density at radius 1 is 1.38 bits per heavy atom. The van der Waals surface area contributed by atoms with E-state index in [0.29, 0.717) is 5.56 Å². The Kier molecular flexibility index (Phi) is 6.96. The van der Waals surface area contributed by atoms with Gasteiger partial charge in [0.05, 0.1) is 19.8 Å². The molecule has 0 aromatic heterocycles. The van der Waals surface area contributed by atoms with Gasteiger partial charge in [0.25, 0.3) is 5.91 Å². The molecule has 2 rings (SSSR count). The summed E-state index contributed by atoms with van der Waals surface area (Å²) in [5.74, 6) is -0.609. The van der Waals surface area contributed by atoms with Crippen molar-refractivity contribution in [2.45, 2.75) is 19.6 Å². The quantitative estimate of drug-likeness (QED) is 0.629. The van der Waals surface area contributed by atoms with E-state index in [1.165, 1.54) is 18.7 Å². The Labute approximate surface area is 142 Å². The maximum Gasteiger partial charge on any atom is 0.330 e. The Morgan fingerprint density at radius 3 is 2.79 bits per heavy atom. The number of hydrogen-bond acceptors (Lipinski definition) is 5. The number of rotatable bonds is 6. The highest BCUT2D eigenvalue weighted by Crippen LogP contribution is 2.11. The number of morpholine rings is 1. The minimum atomic E-state index is -0.439. The van der Waals surface area contributed by atoms with E-state index in [1.54, 1.807) is 6.08 Å². The molecule has 1 fully saturated rings. The van der Waals surface area contributed by atoms with Crippen LogP contribution >= 0.6 is 0 Å². The van der Waals surface area contributed by atoms with Gasteiger partial charge in [0.1, 0.15) is 0 Å². The molecule has 24 heavy (non-hydrogen) atoms. The molecule has 1 atom stereocenters. The van der Waals surface area contributed by atoms with Crippen molar-refractivity contribution in [2.24, 2.45) is 0 Å². The molecule has 1 aromatic carbocycles. The van der Waals surface area contributed by atoms with Crippen LogP contribution in [0.1, 0.15) is 22.8 Å². The summed E-state index contributed by atoms with van der Waals surface area (Å²) in [4.78, 5) is 25.3. The van der Waals surface area contributed by atoms with Crippen LogP contribution in [0.25, 0.3) is 0 Å². The fourth-order valence-corrected chi connectivity index (χ4v) is 2.53. The van der Waals surface area contributed by atoms with Crippen LogP contribution in [0.2, 0.25) is 0 Å². The predicted octanol–water partition coefficient (Wildman–Crippen LogP) is 1.37. The molecule has 6 heteroatoms. The fraction of sp³-hybridized carbons (Fsp3) is 0.444. The lowest BCUT2D eigenvalue weighted by Gasteiger charge is -2.31. The van der Waals surface area contributed by atoms with Gasteiger partial charge in [-0.2, -0.15) is 0 Å². The third-order valence-electron chi connectivity index (χ3n) is 3.78. The Balaban J connectivity index is 1.81. The van der Waals surface area contributed by atoms with Crippen molar-refractivity contribution in [3.8, 4) is 0 Å². The average Bonchev–Trinajstić information content (AvgIpc) is 2.59. The Morgan fingerprint density at radius 2 is 2.12 bits per heavy atom. The van der Waals surface area contributed by atoms with E-state index in [9.17, 15) is 9.59 Å². The summed E-state index contributed by atoms with van der Waals surface area (Å²) in [5, 5.41) is 2.72. The molecule has 1 unspecified atom stereocenters. The molecule has 0 aliphatic carbocycles. The van der Waals surface area contributed by atoms with Gasteiger partial charge in [0, 0.05) is 37.8 Å².